The number of carbonyl (C=O) groups is 1. The van der Waals surface area contributed by atoms with Gasteiger partial charge in [-0.3, -0.25) is 9.48 Å². The lowest BCUT2D eigenvalue weighted by Gasteiger charge is -2.09. The van der Waals surface area contributed by atoms with Gasteiger partial charge >= 0.3 is 6.18 Å². The summed E-state index contributed by atoms with van der Waals surface area (Å²) in [5, 5.41) is 5.79. The van der Waals surface area contributed by atoms with Gasteiger partial charge in [0.1, 0.15) is 23.1 Å². The highest BCUT2D eigenvalue weighted by molar-refractivity contribution is 6.03. The third-order valence-corrected chi connectivity index (χ3v) is 3.88. The number of hydrogen-bond acceptors (Lipinski definition) is 2. The predicted molar refractivity (Wildman–Crippen MR) is 87.9 cm³/mol. The Balaban J connectivity index is 1.97. The van der Waals surface area contributed by atoms with Crippen LogP contribution >= 0.6 is 0 Å². The molecule has 1 aromatic heterocycles. The Labute approximate surface area is 154 Å². The van der Waals surface area contributed by atoms with Gasteiger partial charge in [0.25, 0.3) is 5.91 Å². The van der Waals surface area contributed by atoms with Gasteiger partial charge in [0, 0.05) is 12.6 Å². The SMILES string of the molecule is Cn1nc(C(=O)Nc2c(F)cccc2F)cc1-c1cc(C(F)(F)F)ccc1F. The smallest absolute Gasteiger partial charge is 0.316 e. The molecular weight excluding hydrogens is 388 g/mol. The van der Waals surface area contributed by atoms with Crippen molar-refractivity contribution < 1.29 is 31.1 Å². The lowest BCUT2D eigenvalue weighted by molar-refractivity contribution is -0.137. The van der Waals surface area contributed by atoms with Gasteiger partial charge in [0.15, 0.2) is 5.69 Å². The van der Waals surface area contributed by atoms with E-state index in [2.05, 4.69) is 5.10 Å². The molecule has 0 aliphatic heterocycles. The van der Waals surface area contributed by atoms with E-state index in [1.54, 1.807) is 0 Å². The van der Waals surface area contributed by atoms with E-state index in [1.165, 1.54) is 7.05 Å². The van der Waals surface area contributed by atoms with E-state index in [0.717, 1.165) is 28.9 Å². The molecule has 146 valence electrons. The minimum Gasteiger partial charge on any atom is -0.316 e. The summed E-state index contributed by atoms with van der Waals surface area (Å²) in [6, 6.07) is 5.82. The van der Waals surface area contributed by atoms with Crippen molar-refractivity contribution in [1.82, 2.24) is 9.78 Å². The summed E-state index contributed by atoms with van der Waals surface area (Å²) in [5.74, 6) is -4.01. The van der Waals surface area contributed by atoms with Crippen LogP contribution < -0.4 is 5.32 Å². The number of alkyl halides is 3. The fourth-order valence-electron chi connectivity index (χ4n) is 2.52. The highest BCUT2D eigenvalue weighted by Crippen LogP contribution is 2.33. The molecule has 1 amide bonds. The van der Waals surface area contributed by atoms with Gasteiger partial charge in [-0.2, -0.15) is 18.3 Å². The van der Waals surface area contributed by atoms with Gasteiger partial charge in [0.05, 0.1) is 11.3 Å². The number of nitrogens with zero attached hydrogens (tertiary/aromatic N) is 2. The number of rotatable bonds is 3. The molecule has 0 spiro atoms. The van der Waals surface area contributed by atoms with Crippen molar-refractivity contribution in [2.75, 3.05) is 5.32 Å². The second-order valence-corrected chi connectivity index (χ2v) is 5.78. The van der Waals surface area contributed by atoms with Crippen LogP contribution in [0.15, 0.2) is 42.5 Å². The molecule has 0 bridgehead atoms. The summed E-state index contributed by atoms with van der Waals surface area (Å²) in [6.45, 7) is 0. The average molecular weight is 399 g/mol. The van der Waals surface area contributed by atoms with Crippen LogP contribution in [0.5, 0.6) is 0 Å². The van der Waals surface area contributed by atoms with Gasteiger partial charge in [-0.1, -0.05) is 6.07 Å². The van der Waals surface area contributed by atoms with E-state index in [4.69, 9.17) is 0 Å². The quantitative estimate of drug-likeness (QED) is 0.645. The minimum atomic E-state index is -4.69. The number of benzene rings is 2. The van der Waals surface area contributed by atoms with Gasteiger partial charge in [-0.25, -0.2) is 13.2 Å². The molecule has 2 aromatic carbocycles. The van der Waals surface area contributed by atoms with Gasteiger partial charge in [-0.05, 0) is 36.4 Å². The summed E-state index contributed by atoms with van der Waals surface area (Å²) in [4.78, 5) is 12.2. The molecule has 0 saturated heterocycles. The number of hydrogen-bond donors (Lipinski definition) is 1. The highest BCUT2D eigenvalue weighted by Gasteiger charge is 2.31. The van der Waals surface area contributed by atoms with Crippen LogP contribution in [0.2, 0.25) is 0 Å². The van der Waals surface area contributed by atoms with E-state index >= 15 is 0 Å². The normalized spacial score (nSPS) is 11.5. The first-order valence-corrected chi connectivity index (χ1v) is 7.74. The van der Waals surface area contributed by atoms with Crippen LogP contribution in [0.1, 0.15) is 16.1 Å². The van der Waals surface area contributed by atoms with Crippen LogP contribution in [0, 0.1) is 17.5 Å². The Morgan fingerprint density at radius 2 is 1.64 bits per heavy atom. The maximum atomic E-state index is 14.1. The van der Waals surface area contributed by atoms with Crippen molar-refractivity contribution in [2.24, 2.45) is 7.05 Å². The highest BCUT2D eigenvalue weighted by atomic mass is 19.4. The lowest BCUT2D eigenvalue weighted by Crippen LogP contribution is -2.15. The average Bonchev–Trinajstić information content (AvgIpc) is 2.99. The molecule has 10 heteroatoms. The van der Waals surface area contributed by atoms with Crippen molar-refractivity contribution in [3.05, 3.63) is 71.2 Å². The monoisotopic (exact) mass is 399 g/mol. The maximum absolute atomic E-state index is 14.1. The summed E-state index contributed by atoms with van der Waals surface area (Å²) in [7, 11) is 1.29. The number of halogens is 6. The van der Waals surface area contributed by atoms with Crippen LogP contribution in [0.25, 0.3) is 11.3 Å². The summed E-state index contributed by atoms with van der Waals surface area (Å²) < 4.78 is 81.0. The molecule has 3 aromatic rings. The Hall–Kier alpha value is -3.30. The Bertz CT molecular complexity index is 1040. The Morgan fingerprint density at radius 1 is 1.00 bits per heavy atom. The van der Waals surface area contributed by atoms with Crippen molar-refractivity contribution in [3.63, 3.8) is 0 Å². The number of para-hydroxylation sites is 1. The molecule has 3 rings (SSSR count). The number of amides is 1. The van der Waals surface area contributed by atoms with Crippen molar-refractivity contribution in [1.29, 1.82) is 0 Å². The number of carbonyl (C=O) groups excluding carboxylic acids is 1. The number of aromatic nitrogens is 2. The topological polar surface area (TPSA) is 46.9 Å². The first kappa shape index (κ1) is 19.5. The van der Waals surface area contributed by atoms with Crippen LogP contribution in [0.4, 0.5) is 32.0 Å². The fourth-order valence-corrected chi connectivity index (χ4v) is 2.52. The molecule has 4 nitrogen and oxygen atoms in total. The maximum Gasteiger partial charge on any atom is 0.416 e. The van der Waals surface area contributed by atoms with Crippen molar-refractivity contribution >= 4 is 11.6 Å². The van der Waals surface area contributed by atoms with E-state index < -0.39 is 46.3 Å². The third-order valence-electron chi connectivity index (χ3n) is 3.88. The molecule has 0 aliphatic rings. The van der Waals surface area contributed by atoms with Crippen LogP contribution in [-0.2, 0) is 13.2 Å². The zero-order valence-corrected chi connectivity index (χ0v) is 14.1. The number of anilines is 1. The number of aryl methyl sites for hydroxylation is 1. The molecule has 28 heavy (non-hydrogen) atoms. The summed E-state index contributed by atoms with van der Waals surface area (Å²) in [6.07, 6.45) is -4.69. The van der Waals surface area contributed by atoms with Crippen molar-refractivity contribution in [2.45, 2.75) is 6.18 Å². The fraction of sp³-hybridized carbons (Fsp3) is 0.111. The summed E-state index contributed by atoms with van der Waals surface area (Å²) in [5.41, 5.74) is -2.70. The van der Waals surface area contributed by atoms with Gasteiger partial charge in [0.2, 0.25) is 0 Å². The van der Waals surface area contributed by atoms with E-state index in [0.29, 0.717) is 18.2 Å². The summed E-state index contributed by atoms with van der Waals surface area (Å²) >= 11 is 0. The molecule has 0 aliphatic carbocycles. The van der Waals surface area contributed by atoms with Gasteiger partial charge < -0.3 is 5.32 Å². The molecule has 0 radical (unpaired) electrons. The lowest BCUT2D eigenvalue weighted by atomic mass is 10.1. The molecule has 0 unspecified atom stereocenters. The van der Waals surface area contributed by atoms with Crippen LogP contribution in [0.3, 0.4) is 0 Å². The van der Waals surface area contributed by atoms with Crippen molar-refractivity contribution in [3.8, 4) is 11.3 Å². The zero-order valence-electron chi connectivity index (χ0n) is 14.1. The first-order valence-electron chi connectivity index (χ1n) is 7.74. The second-order valence-electron chi connectivity index (χ2n) is 5.78. The minimum absolute atomic E-state index is 0.122. The molecule has 1 heterocycles. The van der Waals surface area contributed by atoms with E-state index in [9.17, 15) is 31.1 Å². The van der Waals surface area contributed by atoms with E-state index in [1.807, 2.05) is 5.32 Å². The van der Waals surface area contributed by atoms with Gasteiger partial charge in [-0.15, -0.1) is 0 Å². The van der Waals surface area contributed by atoms with E-state index in [-0.39, 0.29) is 11.4 Å². The molecule has 1 N–H and O–H groups in total. The predicted octanol–water partition coefficient (Wildman–Crippen LogP) is 4.78. The van der Waals surface area contributed by atoms with Crippen LogP contribution in [-0.4, -0.2) is 15.7 Å². The molecule has 0 atom stereocenters. The first-order chi connectivity index (χ1) is 13.1. The standard InChI is InChI=1S/C18H11F6N3O/c1-27-15(10-7-9(18(22,23)24)5-6-11(10)19)8-14(26-27)17(28)25-16-12(20)3-2-4-13(16)21/h2-8H,1H3,(H,25,28). The Kier molecular flexibility index (Phi) is 4.88. The second kappa shape index (κ2) is 7.02. The Morgan fingerprint density at radius 3 is 2.25 bits per heavy atom. The zero-order chi connectivity index (χ0) is 20.6. The third kappa shape index (κ3) is 3.71. The number of nitrogens with one attached hydrogen (secondary N) is 1. The largest absolute Gasteiger partial charge is 0.416 e. The molecule has 0 fully saturated rings. The molecule has 0 saturated carbocycles. The molecular formula is C18H11F6N3O.